The van der Waals surface area contributed by atoms with Gasteiger partial charge in [0.25, 0.3) is 0 Å². The molecule has 1 aliphatic rings. The van der Waals surface area contributed by atoms with Crippen molar-refractivity contribution in [2.75, 3.05) is 22.6 Å². The maximum atomic E-state index is 13.6. The van der Waals surface area contributed by atoms with Gasteiger partial charge >= 0.3 is 5.97 Å². The number of nitrogens with one attached hydrogen (secondary N) is 3. The van der Waals surface area contributed by atoms with Crippen molar-refractivity contribution in [3.63, 3.8) is 0 Å². The van der Waals surface area contributed by atoms with Crippen molar-refractivity contribution < 1.29 is 14.3 Å². The lowest BCUT2D eigenvalue weighted by Crippen LogP contribution is -2.27. The number of thiophene rings is 1. The number of thioether (sulfide) groups is 1. The van der Waals surface area contributed by atoms with Gasteiger partial charge in [-0.3, -0.25) is 4.79 Å². The first-order chi connectivity index (χ1) is 20.0. The van der Waals surface area contributed by atoms with Gasteiger partial charge in [0, 0.05) is 21.1 Å². The second-order valence-electron chi connectivity index (χ2n) is 11.7. The Labute approximate surface area is 263 Å². The average Bonchev–Trinajstić information content (AvgIpc) is 3.30. The minimum atomic E-state index is -0.353. The van der Waals surface area contributed by atoms with Crippen LogP contribution in [0.1, 0.15) is 73.8 Å². The monoisotopic (exact) mass is 623 g/mol. The number of amides is 1. The van der Waals surface area contributed by atoms with E-state index in [0.29, 0.717) is 34.6 Å². The van der Waals surface area contributed by atoms with Gasteiger partial charge < -0.3 is 20.7 Å². The van der Waals surface area contributed by atoms with Gasteiger partial charge in [0.15, 0.2) is 5.11 Å². The number of carbonyl (C=O) groups excluding carboxylic acids is 2. The Kier molecular flexibility index (Phi) is 10.7. The van der Waals surface area contributed by atoms with Crippen molar-refractivity contribution in [3.8, 4) is 0 Å². The van der Waals surface area contributed by atoms with Crippen LogP contribution in [0.15, 0.2) is 53.4 Å². The molecule has 0 aliphatic heterocycles. The molecule has 3 N–H and O–H groups in total. The highest BCUT2D eigenvalue weighted by Gasteiger charge is 2.35. The van der Waals surface area contributed by atoms with Gasteiger partial charge in [0.2, 0.25) is 5.91 Å². The third-order valence-corrected chi connectivity index (χ3v) is 10.3. The van der Waals surface area contributed by atoms with Gasteiger partial charge in [0.05, 0.1) is 17.4 Å². The molecule has 1 aliphatic carbocycles. The number of benzene rings is 2. The highest BCUT2D eigenvalue weighted by molar-refractivity contribution is 8.00. The fourth-order valence-corrected chi connectivity index (χ4v) is 7.66. The topological polar surface area (TPSA) is 79.5 Å². The SMILES string of the molecule is CCOC(=O)c1c(NC(=O)C(CC)Sc2cccc(NC(=S)Nc3ccc(C)cc3)c2)sc2c1CCC(C(C)(C)C)C2. The third-order valence-electron chi connectivity index (χ3n) is 7.55. The highest BCUT2D eigenvalue weighted by Crippen LogP contribution is 2.45. The van der Waals surface area contributed by atoms with E-state index in [0.717, 1.165) is 41.1 Å². The van der Waals surface area contributed by atoms with Crippen molar-refractivity contribution in [3.05, 3.63) is 70.1 Å². The van der Waals surface area contributed by atoms with Gasteiger partial charge in [-0.1, -0.05) is 51.5 Å². The van der Waals surface area contributed by atoms with E-state index in [4.69, 9.17) is 17.0 Å². The number of ether oxygens (including phenoxy) is 1. The van der Waals surface area contributed by atoms with Gasteiger partial charge in [-0.15, -0.1) is 23.1 Å². The zero-order chi connectivity index (χ0) is 30.4. The lowest BCUT2D eigenvalue weighted by atomic mass is 9.72. The normalized spacial score (nSPS) is 15.3. The summed E-state index contributed by atoms with van der Waals surface area (Å²) in [6, 6.07) is 15.9. The van der Waals surface area contributed by atoms with Crippen LogP contribution in [0.5, 0.6) is 0 Å². The molecule has 42 heavy (non-hydrogen) atoms. The zero-order valence-electron chi connectivity index (χ0n) is 25.3. The molecule has 6 nitrogen and oxygen atoms in total. The van der Waals surface area contributed by atoms with Crippen LogP contribution in [0.2, 0.25) is 0 Å². The summed E-state index contributed by atoms with van der Waals surface area (Å²) in [6.07, 6.45) is 3.39. The molecule has 2 unspecified atom stereocenters. The average molecular weight is 624 g/mol. The summed E-state index contributed by atoms with van der Waals surface area (Å²) in [6.45, 7) is 13.0. The number of aryl methyl sites for hydroxylation is 1. The molecule has 9 heteroatoms. The van der Waals surface area contributed by atoms with E-state index in [1.54, 1.807) is 0 Å². The number of hydrogen-bond acceptors (Lipinski definition) is 6. The summed E-state index contributed by atoms with van der Waals surface area (Å²) in [5, 5.41) is 10.3. The van der Waals surface area contributed by atoms with Crippen molar-refractivity contribution in [1.82, 2.24) is 0 Å². The fourth-order valence-electron chi connectivity index (χ4n) is 5.09. The van der Waals surface area contributed by atoms with Crippen molar-refractivity contribution in [2.45, 2.75) is 77.4 Å². The van der Waals surface area contributed by atoms with Crippen LogP contribution in [0.25, 0.3) is 0 Å². The number of rotatable bonds is 9. The van der Waals surface area contributed by atoms with Gasteiger partial charge in [-0.05, 0) is 99.0 Å². The maximum Gasteiger partial charge on any atom is 0.341 e. The van der Waals surface area contributed by atoms with Crippen molar-refractivity contribution in [1.29, 1.82) is 0 Å². The van der Waals surface area contributed by atoms with E-state index in [1.165, 1.54) is 33.5 Å². The van der Waals surface area contributed by atoms with Crippen LogP contribution < -0.4 is 16.0 Å². The summed E-state index contributed by atoms with van der Waals surface area (Å²) in [5.41, 5.74) is 4.70. The molecule has 1 amide bonds. The Balaban J connectivity index is 1.46. The van der Waals surface area contributed by atoms with Gasteiger partial charge in [-0.25, -0.2) is 4.79 Å². The number of fused-ring (bicyclic) bond motifs is 1. The van der Waals surface area contributed by atoms with Crippen molar-refractivity contribution in [2.24, 2.45) is 11.3 Å². The summed E-state index contributed by atoms with van der Waals surface area (Å²) < 4.78 is 5.43. The van der Waals surface area contributed by atoms with Gasteiger partial charge in [-0.2, -0.15) is 0 Å². The Morgan fingerprint density at radius 1 is 1.07 bits per heavy atom. The van der Waals surface area contributed by atoms with Crippen LogP contribution in [0.3, 0.4) is 0 Å². The second-order valence-corrected chi connectivity index (χ2v) is 14.5. The summed E-state index contributed by atoms with van der Waals surface area (Å²) in [4.78, 5) is 28.8. The molecule has 0 bridgehead atoms. The van der Waals surface area contributed by atoms with Crippen LogP contribution >= 0.6 is 35.3 Å². The summed E-state index contributed by atoms with van der Waals surface area (Å²) >= 11 is 8.54. The first-order valence-corrected chi connectivity index (χ1v) is 16.6. The Morgan fingerprint density at radius 2 is 1.79 bits per heavy atom. The summed E-state index contributed by atoms with van der Waals surface area (Å²) in [5.74, 6) is 0.0604. The fraction of sp³-hybridized carbons (Fsp3) is 0.424. The number of esters is 1. The molecular formula is C33H41N3O3S3. The maximum absolute atomic E-state index is 13.6. The lowest BCUT2D eigenvalue weighted by molar-refractivity contribution is -0.115. The van der Waals surface area contributed by atoms with Crippen LogP contribution in [0.4, 0.5) is 16.4 Å². The molecule has 4 rings (SSSR count). The first kappa shape index (κ1) is 32.0. The molecule has 2 aromatic carbocycles. The third kappa shape index (κ3) is 8.14. The quantitative estimate of drug-likeness (QED) is 0.125. The van der Waals surface area contributed by atoms with Crippen LogP contribution in [-0.4, -0.2) is 28.8 Å². The van der Waals surface area contributed by atoms with E-state index >= 15 is 0 Å². The molecule has 0 fully saturated rings. The van der Waals surface area contributed by atoms with Crippen molar-refractivity contribution >= 4 is 68.7 Å². The number of anilines is 3. The first-order valence-electron chi connectivity index (χ1n) is 14.5. The minimum Gasteiger partial charge on any atom is -0.462 e. The Hall–Kier alpha value is -2.88. The largest absolute Gasteiger partial charge is 0.462 e. The molecule has 0 saturated heterocycles. The van der Waals surface area contributed by atoms with Crippen LogP contribution in [-0.2, 0) is 22.4 Å². The molecule has 2 atom stereocenters. The Morgan fingerprint density at radius 3 is 2.45 bits per heavy atom. The Bertz CT molecular complexity index is 1430. The highest BCUT2D eigenvalue weighted by atomic mass is 32.2. The lowest BCUT2D eigenvalue weighted by Gasteiger charge is -2.33. The molecule has 1 heterocycles. The number of carbonyl (C=O) groups is 2. The van der Waals surface area contributed by atoms with E-state index in [9.17, 15) is 9.59 Å². The standard InChI is InChI=1S/C33H41N3O3S3/c1-7-26(41-24-11-9-10-23(19-24)35-32(40)34-22-15-12-20(3)13-16-22)29(37)36-30-28(31(38)39-8-2)25-17-14-21(33(4,5)6)18-27(25)42-30/h9-13,15-16,19,21,26H,7-8,14,17-18H2,1-6H3,(H,36,37)(H2,34,35,40). The van der Waals surface area contributed by atoms with E-state index < -0.39 is 0 Å². The predicted molar refractivity (Wildman–Crippen MR) is 181 cm³/mol. The molecule has 224 valence electrons. The predicted octanol–water partition coefficient (Wildman–Crippen LogP) is 8.70. The number of thiocarbonyl (C=S) groups is 1. The van der Waals surface area contributed by atoms with E-state index in [-0.39, 0.29) is 22.5 Å². The molecule has 3 aromatic rings. The smallest absolute Gasteiger partial charge is 0.341 e. The molecule has 0 spiro atoms. The number of hydrogen-bond donors (Lipinski definition) is 3. The van der Waals surface area contributed by atoms with Gasteiger partial charge in [0.1, 0.15) is 5.00 Å². The summed E-state index contributed by atoms with van der Waals surface area (Å²) in [7, 11) is 0. The van der Waals surface area contributed by atoms with E-state index in [1.807, 2.05) is 69.3 Å². The second kappa shape index (κ2) is 14.1. The van der Waals surface area contributed by atoms with E-state index in [2.05, 4.69) is 36.7 Å². The molecule has 0 radical (unpaired) electrons. The molecular weight excluding hydrogens is 583 g/mol. The zero-order valence-corrected chi connectivity index (χ0v) is 27.7. The molecule has 0 saturated carbocycles. The van der Waals surface area contributed by atoms with Crippen LogP contribution in [0, 0.1) is 18.3 Å². The minimum absolute atomic E-state index is 0.117. The molecule has 1 aromatic heterocycles.